The van der Waals surface area contributed by atoms with Gasteiger partial charge in [-0.15, -0.1) is 0 Å². The van der Waals surface area contributed by atoms with Gasteiger partial charge in [0.25, 0.3) is 0 Å². The molecule has 8 heterocycles. The van der Waals surface area contributed by atoms with Crippen LogP contribution in [0.3, 0.4) is 0 Å². The molecule has 8 rings (SSSR count). The summed E-state index contributed by atoms with van der Waals surface area (Å²) in [6.45, 7) is 23.7. The average Bonchev–Trinajstić information content (AvgIpc) is 3.99. The Morgan fingerprint density at radius 1 is 0.333 bits per heavy atom. The van der Waals surface area contributed by atoms with Crippen LogP contribution in [-0.4, -0.2) is 69.0 Å². The number of aromatic nitrogens is 14. The highest BCUT2D eigenvalue weighted by molar-refractivity contribution is 5.10. The fraction of sp³-hybridized carbons (Fsp3) is 0.348. The third-order valence-electron chi connectivity index (χ3n) is 7.27. The summed E-state index contributed by atoms with van der Waals surface area (Å²) in [5, 5.41) is 15.9. The Labute approximate surface area is 357 Å². The second kappa shape index (κ2) is 28.7. The lowest BCUT2D eigenvalue weighted by molar-refractivity contribution is 0.756. The smallest absolute Gasteiger partial charge is 0.125 e. The van der Waals surface area contributed by atoms with Crippen molar-refractivity contribution in [1.29, 1.82) is 0 Å². The van der Waals surface area contributed by atoms with Crippen LogP contribution >= 0.6 is 0 Å². The van der Waals surface area contributed by atoms with Gasteiger partial charge in [0, 0.05) is 101 Å². The topological polar surface area (TPSA) is 149 Å². The first-order chi connectivity index (χ1) is 28.3. The molecule has 0 amide bonds. The van der Waals surface area contributed by atoms with Gasteiger partial charge < -0.3 is 0 Å². The van der Waals surface area contributed by atoms with Gasteiger partial charge in [-0.2, -0.15) is 20.4 Å². The highest BCUT2D eigenvalue weighted by Gasteiger charge is 1.86. The summed E-state index contributed by atoms with van der Waals surface area (Å²) in [5.74, 6) is 1.66. The van der Waals surface area contributed by atoms with Gasteiger partial charge in [0.15, 0.2) is 0 Å². The van der Waals surface area contributed by atoms with Gasteiger partial charge in [-0.3, -0.25) is 28.7 Å². The van der Waals surface area contributed by atoms with E-state index in [2.05, 4.69) is 56.4 Å². The van der Waals surface area contributed by atoms with Crippen LogP contribution in [0.25, 0.3) is 0 Å². The summed E-state index contributed by atoms with van der Waals surface area (Å²) in [4.78, 5) is 24.1. The molecule has 0 aliphatic heterocycles. The quantitative estimate of drug-likeness (QED) is 0.146. The molecular weight excluding hydrogens is 749 g/mol. The molecule has 8 aromatic heterocycles. The van der Waals surface area contributed by atoms with E-state index < -0.39 is 0 Å². The first-order valence-electron chi connectivity index (χ1n) is 19.4. The van der Waals surface area contributed by atoms with E-state index in [9.17, 15) is 0 Å². The minimum absolute atomic E-state index is 0.829. The molecule has 14 heteroatoms. The normalized spacial score (nSPS) is 9.33. The van der Waals surface area contributed by atoms with E-state index in [1.165, 1.54) is 16.7 Å². The third-order valence-corrected chi connectivity index (χ3v) is 7.27. The van der Waals surface area contributed by atoms with E-state index >= 15 is 0 Å². The van der Waals surface area contributed by atoms with Crippen LogP contribution in [0.15, 0.2) is 111 Å². The fourth-order valence-electron chi connectivity index (χ4n) is 4.28. The highest BCUT2D eigenvalue weighted by Crippen LogP contribution is 1.96. The predicted octanol–water partition coefficient (Wildman–Crippen LogP) is 8.50. The summed E-state index contributed by atoms with van der Waals surface area (Å²) < 4.78 is 7.15. The Hall–Kier alpha value is -6.70. The van der Waals surface area contributed by atoms with Crippen LogP contribution in [-0.2, 0) is 28.2 Å². The van der Waals surface area contributed by atoms with Gasteiger partial charge in [0.05, 0.1) is 23.8 Å². The molecule has 320 valence electrons. The molecule has 0 saturated heterocycles. The molecule has 60 heavy (non-hydrogen) atoms. The zero-order chi connectivity index (χ0) is 45.0. The van der Waals surface area contributed by atoms with Crippen molar-refractivity contribution < 1.29 is 0 Å². The summed E-state index contributed by atoms with van der Waals surface area (Å²) in [6.07, 6.45) is 20.6. The van der Waals surface area contributed by atoms with Gasteiger partial charge in [-0.05, 0) is 141 Å². The van der Waals surface area contributed by atoms with E-state index in [0.29, 0.717) is 0 Å². The number of rotatable bonds is 0. The van der Waals surface area contributed by atoms with Crippen molar-refractivity contribution in [3.05, 3.63) is 179 Å². The van der Waals surface area contributed by atoms with Gasteiger partial charge in [0.1, 0.15) is 11.6 Å². The van der Waals surface area contributed by atoms with Crippen molar-refractivity contribution in [3.8, 4) is 0 Å². The molecule has 0 unspecified atom stereocenters. The van der Waals surface area contributed by atoms with Crippen LogP contribution < -0.4 is 0 Å². The molecule has 8 aromatic rings. The monoisotopic (exact) mass is 815 g/mol. The predicted molar refractivity (Wildman–Crippen MR) is 242 cm³/mol. The lowest BCUT2D eigenvalue weighted by atomic mass is 10.3. The Kier molecular flexibility index (Phi) is 24.5. The molecule has 0 radical (unpaired) electrons. The maximum absolute atomic E-state index is 4.17. The largest absolute Gasteiger partial charge is 0.276 e. The summed E-state index contributed by atoms with van der Waals surface area (Å²) in [7, 11) is 7.64. The molecule has 0 N–H and O–H groups in total. The molecule has 0 bridgehead atoms. The van der Waals surface area contributed by atoms with Crippen molar-refractivity contribution in [2.24, 2.45) is 28.2 Å². The van der Waals surface area contributed by atoms with Crippen LogP contribution in [0.4, 0.5) is 0 Å². The van der Waals surface area contributed by atoms with E-state index in [1.807, 2.05) is 216 Å². The Morgan fingerprint density at radius 3 is 0.883 bits per heavy atom. The van der Waals surface area contributed by atoms with Crippen molar-refractivity contribution in [3.63, 3.8) is 0 Å². The molecular formula is C46H66N14. The standard InChI is InChI=1S/2C7H9N.2C6H8N2.4C5H8N2/c1-6-3-4-7(2)8-5-6;1-6-4-3-5-7(2)8-6;2*1-5-3-7-6(2)8-4-5;2*1-5-3-6-7(2)4-5;2*1-5-3-4-7(2)6-5/h2*3-5H,1-2H3;2*3-4H,1-2H3;4*3-4H,1-2H3. The first kappa shape index (κ1) is 51.3. The number of hydrogen-bond donors (Lipinski definition) is 0. The maximum Gasteiger partial charge on any atom is 0.125 e. The van der Waals surface area contributed by atoms with Gasteiger partial charge in [0.2, 0.25) is 0 Å². The average molecular weight is 815 g/mol. The first-order valence-corrected chi connectivity index (χ1v) is 19.4. The number of aryl methyl sites for hydroxylation is 16. The third kappa shape index (κ3) is 27.0. The number of hydrogen-bond acceptors (Lipinski definition) is 10. The fourth-order valence-corrected chi connectivity index (χ4v) is 4.28. The van der Waals surface area contributed by atoms with Gasteiger partial charge >= 0.3 is 0 Å². The van der Waals surface area contributed by atoms with Crippen LogP contribution in [0.2, 0.25) is 0 Å². The minimum atomic E-state index is 0.829. The van der Waals surface area contributed by atoms with E-state index in [1.54, 1.807) is 18.7 Å². The lowest BCUT2D eigenvalue weighted by Crippen LogP contribution is -1.86. The molecule has 14 nitrogen and oxygen atoms in total. The van der Waals surface area contributed by atoms with Crippen molar-refractivity contribution >= 4 is 0 Å². The van der Waals surface area contributed by atoms with Crippen molar-refractivity contribution in [2.75, 3.05) is 0 Å². The van der Waals surface area contributed by atoms with Crippen LogP contribution in [0.1, 0.15) is 67.9 Å². The van der Waals surface area contributed by atoms with Crippen LogP contribution in [0, 0.1) is 83.1 Å². The van der Waals surface area contributed by atoms with Crippen molar-refractivity contribution in [2.45, 2.75) is 83.1 Å². The van der Waals surface area contributed by atoms with E-state index in [4.69, 9.17) is 0 Å². The van der Waals surface area contributed by atoms with Gasteiger partial charge in [-0.1, -0.05) is 12.1 Å². The Morgan fingerprint density at radius 2 is 0.717 bits per heavy atom. The van der Waals surface area contributed by atoms with E-state index in [0.717, 1.165) is 51.2 Å². The zero-order valence-electron chi connectivity index (χ0n) is 38.7. The van der Waals surface area contributed by atoms with Crippen LogP contribution in [0.5, 0.6) is 0 Å². The van der Waals surface area contributed by atoms with Gasteiger partial charge in [-0.25, -0.2) is 19.9 Å². The van der Waals surface area contributed by atoms with Crippen molar-refractivity contribution in [1.82, 2.24) is 69.0 Å². The summed E-state index contributed by atoms with van der Waals surface area (Å²) in [6, 6.07) is 14.0. The molecule has 0 saturated carbocycles. The number of pyridine rings is 2. The maximum atomic E-state index is 4.17. The minimum Gasteiger partial charge on any atom is -0.276 e. The Bertz CT molecular complexity index is 1880. The molecule has 0 aromatic carbocycles. The molecule has 0 fully saturated rings. The SMILES string of the molecule is Cc1ccc(C)nc1.Cc1cccc(C)n1.Cc1ccn(C)n1.Cc1ccn(C)n1.Cc1cnc(C)nc1.Cc1cnc(C)nc1.Cc1cnn(C)c1.Cc1cnn(C)c1. The highest BCUT2D eigenvalue weighted by atomic mass is 15.3. The summed E-state index contributed by atoms with van der Waals surface area (Å²) >= 11 is 0. The molecule has 0 aliphatic rings. The second-order valence-electron chi connectivity index (χ2n) is 14.2. The molecule has 0 spiro atoms. The number of nitrogens with zero attached hydrogens (tertiary/aromatic N) is 14. The molecule has 0 aliphatic carbocycles. The zero-order valence-corrected chi connectivity index (χ0v) is 38.7. The van der Waals surface area contributed by atoms with E-state index in [-0.39, 0.29) is 0 Å². The lowest BCUT2D eigenvalue weighted by Gasteiger charge is -1.90. The Balaban J connectivity index is 0.000000343. The second-order valence-corrected chi connectivity index (χ2v) is 14.2. The molecule has 0 atom stereocenters. The summed E-state index contributed by atoms with van der Waals surface area (Å²) in [5.41, 5.74) is 11.3.